The smallest absolute Gasteiger partial charge is 0.255 e. The minimum absolute atomic E-state index is 0.0815. The van der Waals surface area contributed by atoms with Gasteiger partial charge in [-0.2, -0.15) is 0 Å². The Morgan fingerprint density at radius 2 is 1.96 bits per heavy atom. The van der Waals surface area contributed by atoms with Crippen molar-refractivity contribution in [1.29, 1.82) is 0 Å². The fourth-order valence-corrected chi connectivity index (χ4v) is 3.28. The van der Waals surface area contributed by atoms with Crippen molar-refractivity contribution in [3.63, 3.8) is 0 Å². The quantitative estimate of drug-likeness (QED) is 0.870. The van der Waals surface area contributed by atoms with Crippen molar-refractivity contribution in [3.05, 3.63) is 47.3 Å². The molecular weight excluding hydrogens is 304 g/mol. The molecule has 1 saturated heterocycles. The molecule has 1 fully saturated rings. The van der Waals surface area contributed by atoms with Crippen molar-refractivity contribution in [2.24, 2.45) is 0 Å². The molecule has 1 unspecified atom stereocenters. The number of hydrogen-bond donors (Lipinski definition) is 0. The number of benzene rings is 1. The molecule has 1 aromatic carbocycles. The highest BCUT2D eigenvalue weighted by atomic mass is 16.5. The number of aromatic nitrogens is 1. The number of carbonyl (C=O) groups excluding carboxylic acids is 1. The monoisotopic (exact) mass is 328 g/mol. The van der Waals surface area contributed by atoms with Crippen LogP contribution in [0.1, 0.15) is 28.7 Å². The van der Waals surface area contributed by atoms with Crippen molar-refractivity contribution in [3.8, 4) is 11.4 Å². The van der Waals surface area contributed by atoms with Gasteiger partial charge in [0.2, 0.25) is 0 Å². The maximum absolute atomic E-state index is 12.9. The largest absolute Gasteiger partial charge is 0.497 e. The maximum atomic E-state index is 12.9. The Morgan fingerprint density at radius 1 is 1.25 bits per heavy atom. The third kappa shape index (κ3) is 3.04. The third-order valence-corrected chi connectivity index (χ3v) is 4.52. The summed E-state index contributed by atoms with van der Waals surface area (Å²) in [5.74, 6) is 0.901. The van der Waals surface area contributed by atoms with Crippen LogP contribution in [0, 0.1) is 13.8 Å². The van der Waals surface area contributed by atoms with Crippen molar-refractivity contribution >= 4 is 5.91 Å². The first-order valence-electron chi connectivity index (χ1n) is 8.25. The minimum atomic E-state index is 0.0815. The van der Waals surface area contributed by atoms with Gasteiger partial charge in [0.15, 0.2) is 0 Å². The maximum Gasteiger partial charge on any atom is 0.255 e. The summed E-state index contributed by atoms with van der Waals surface area (Å²) < 4.78 is 12.9. The summed E-state index contributed by atoms with van der Waals surface area (Å²) in [6.45, 7) is 7.91. The van der Waals surface area contributed by atoms with Gasteiger partial charge in [0, 0.05) is 30.2 Å². The number of nitrogens with zero attached hydrogens (tertiary/aromatic N) is 2. The van der Waals surface area contributed by atoms with Gasteiger partial charge in [-0.3, -0.25) is 4.79 Å². The standard InChI is InChI=1S/C19H24N2O3/c1-13-11-18(19(22)20-9-10-24-14(2)12-20)15(3)21(13)16-5-7-17(23-4)8-6-16/h5-8,11,14H,9-10,12H2,1-4H3. The summed E-state index contributed by atoms with van der Waals surface area (Å²) in [4.78, 5) is 14.8. The van der Waals surface area contributed by atoms with Crippen LogP contribution in [0.3, 0.4) is 0 Å². The van der Waals surface area contributed by atoms with Crippen LogP contribution >= 0.6 is 0 Å². The van der Waals surface area contributed by atoms with Crippen LogP contribution in [0.4, 0.5) is 0 Å². The molecule has 5 nitrogen and oxygen atoms in total. The van der Waals surface area contributed by atoms with Gasteiger partial charge in [-0.1, -0.05) is 0 Å². The van der Waals surface area contributed by atoms with E-state index in [1.807, 2.05) is 56.0 Å². The molecule has 24 heavy (non-hydrogen) atoms. The van der Waals surface area contributed by atoms with Crippen LogP contribution in [-0.4, -0.2) is 48.3 Å². The molecule has 5 heteroatoms. The van der Waals surface area contributed by atoms with E-state index in [1.54, 1.807) is 7.11 Å². The second kappa shape index (κ2) is 6.69. The SMILES string of the molecule is COc1ccc(-n2c(C)cc(C(=O)N3CCOC(C)C3)c2C)cc1. The van der Waals surface area contributed by atoms with E-state index in [-0.39, 0.29) is 12.0 Å². The van der Waals surface area contributed by atoms with Gasteiger partial charge in [0.05, 0.1) is 25.4 Å². The first kappa shape index (κ1) is 16.6. The summed E-state index contributed by atoms with van der Waals surface area (Å²) in [5, 5.41) is 0. The second-order valence-corrected chi connectivity index (χ2v) is 6.25. The molecule has 0 bridgehead atoms. The van der Waals surface area contributed by atoms with Gasteiger partial charge >= 0.3 is 0 Å². The van der Waals surface area contributed by atoms with Gasteiger partial charge in [-0.25, -0.2) is 0 Å². The summed E-state index contributed by atoms with van der Waals surface area (Å²) in [7, 11) is 1.65. The summed E-state index contributed by atoms with van der Waals surface area (Å²) in [5.41, 5.74) is 3.79. The van der Waals surface area contributed by atoms with Crippen molar-refractivity contribution < 1.29 is 14.3 Å². The van der Waals surface area contributed by atoms with E-state index >= 15 is 0 Å². The summed E-state index contributed by atoms with van der Waals surface area (Å²) in [6.07, 6.45) is 0.0905. The zero-order chi connectivity index (χ0) is 17.3. The topological polar surface area (TPSA) is 43.7 Å². The lowest BCUT2D eigenvalue weighted by atomic mass is 10.2. The van der Waals surface area contributed by atoms with E-state index in [0.29, 0.717) is 19.7 Å². The van der Waals surface area contributed by atoms with Crippen LogP contribution in [0.25, 0.3) is 5.69 Å². The molecule has 0 aliphatic carbocycles. The molecule has 3 rings (SSSR count). The minimum Gasteiger partial charge on any atom is -0.497 e. The van der Waals surface area contributed by atoms with Gasteiger partial charge in [-0.05, 0) is 51.1 Å². The predicted octanol–water partition coefficient (Wildman–Crippen LogP) is 2.96. The van der Waals surface area contributed by atoms with E-state index in [9.17, 15) is 4.79 Å². The van der Waals surface area contributed by atoms with E-state index in [1.165, 1.54) is 0 Å². The molecule has 128 valence electrons. The number of aryl methyl sites for hydroxylation is 1. The van der Waals surface area contributed by atoms with E-state index < -0.39 is 0 Å². The van der Waals surface area contributed by atoms with Gasteiger partial charge < -0.3 is 18.9 Å². The molecule has 0 saturated carbocycles. The number of methoxy groups -OCH3 is 1. The predicted molar refractivity (Wildman–Crippen MR) is 93.1 cm³/mol. The van der Waals surface area contributed by atoms with Crippen LogP contribution in [0.5, 0.6) is 5.75 Å². The molecule has 1 aromatic heterocycles. The first-order chi connectivity index (χ1) is 11.5. The van der Waals surface area contributed by atoms with Gasteiger partial charge in [0.1, 0.15) is 5.75 Å². The highest BCUT2D eigenvalue weighted by Crippen LogP contribution is 2.24. The Morgan fingerprint density at radius 3 is 2.58 bits per heavy atom. The molecule has 1 amide bonds. The normalized spacial score (nSPS) is 17.8. The third-order valence-electron chi connectivity index (χ3n) is 4.52. The second-order valence-electron chi connectivity index (χ2n) is 6.25. The summed E-state index contributed by atoms with van der Waals surface area (Å²) >= 11 is 0. The molecule has 1 aliphatic rings. The molecule has 0 radical (unpaired) electrons. The number of hydrogen-bond acceptors (Lipinski definition) is 3. The molecule has 2 heterocycles. The Balaban J connectivity index is 1.92. The fraction of sp³-hybridized carbons (Fsp3) is 0.421. The Labute approximate surface area is 142 Å². The molecule has 0 N–H and O–H groups in total. The number of amides is 1. The molecule has 0 spiro atoms. The lowest BCUT2D eigenvalue weighted by Gasteiger charge is -2.31. The van der Waals surface area contributed by atoms with Crippen LogP contribution < -0.4 is 4.74 Å². The Bertz CT molecular complexity index is 734. The lowest BCUT2D eigenvalue weighted by molar-refractivity contribution is -0.0124. The lowest BCUT2D eigenvalue weighted by Crippen LogP contribution is -2.44. The van der Waals surface area contributed by atoms with Crippen molar-refractivity contribution in [2.75, 3.05) is 26.8 Å². The van der Waals surface area contributed by atoms with Crippen molar-refractivity contribution in [1.82, 2.24) is 9.47 Å². The number of rotatable bonds is 3. The molecule has 2 aromatic rings. The highest BCUT2D eigenvalue weighted by molar-refractivity contribution is 5.96. The zero-order valence-corrected chi connectivity index (χ0v) is 14.7. The van der Waals surface area contributed by atoms with Gasteiger partial charge in [0.25, 0.3) is 5.91 Å². The van der Waals surface area contributed by atoms with Crippen LogP contribution in [0.15, 0.2) is 30.3 Å². The highest BCUT2D eigenvalue weighted by Gasteiger charge is 2.25. The molecule has 1 aliphatic heterocycles. The van der Waals surface area contributed by atoms with E-state index in [4.69, 9.17) is 9.47 Å². The average molecular weight is 328 g/mol. The Kier molecular flexibility index (Phi) is 4.62. The number of morpholine rings is 1. The number of carbonyl (C=O) groups is 1. The molecule has 1 atom stereocenters. The first-order valence-corrected chi connectivity index (χ1v) is 8.25. The Hall–Kier alpha value is -2.27. The zero-order valence-electron chi connectivity index (χ0n) is 14.7. The fourth-order valence-electron chi connectivity index (χ4n) is 3.28. The number of ether oxygens (including phenoxy) is 2. The van der Waals surface area contributed by atoms with Crippen LogP contribution in [-0.2, 0) is 4.74 Å². The van der Waals surface area contributed by atoms with E-state index in [2.05, 4.69) is 4.57 Å². The van der Waals surface area contributed by atoms with E-state index in [0.717, 1.165) is 28.4 Å². The van der Waals surface area contributed by atoms with Crippen molar-refractivity contribution in [2.45, 2.75) is 26.9 Å². The molecular formula is C19H24N2O3. The van der Waals surface area contributed by atoms with Gasteiger partial charge in [-0.15, -0.1) is 0 Å². The van der Waals surface area contributed by atoms with Crippen LogP contribution in [0.2, 0.25) is 0 Å². The summed E-state index contributed by atoms with van der Waals surface area (Å²) in [6, 6.07) is 9.84. The average Bonchev–Trinajstić information content (AvgIpc) is 2.89.